The van der Waals surface area contributed by atoms with Gasteiger partial charge in [0.05, 0.1) is 6.20 Å². The van der Waals surface area contributed by atoms with Crippen molar-refractivity contribution in [3.05, 3.63) is 34.4 Å². The van der Waals surface area contributed by atoms with Gasteiger partial charge in [-0.1, -0.05) is 0 Å². The van der Waals surface area contributed by atoms with Gasteiger partial charge in [0, 0.05) is 6.07 Å². The van der Waals surface area contributed by atoms with Crippen molar-refractivity contribution in [3.8, 4) is 0 Å². The molecule has 0 aromatic carbocycles. The molecule has 0 aliphatic rings. The molecular weight excluding hydrogens is 200 g/mol. The van der Waals surface area contributed by atoms with E-state index < -0.39 is 5.91 Å². The van der Waals surface area contributed by atoms with E-state index in [1.54, 1.807) is 0 Å². The minimum atomic E-state index is -0.472. The van der Waals surface area contributed by atoms with Crippen molar-refractivity contribution in [2.24, 2.45) is 0 Å². The highest BCUT2D eigenvalue weighted by Crippen LogP contribution is 1.99. The summed E-state index contributed by atoms with van der Waals surface area (Å²) >= 11 is 0. The van der Waals surface area contributed by atoms with Crippen LogP contribution in [-0.4, -0.2) is 31.5 Å². The summed E-state index contributed by atoms with van der Waals surface area (Å²) in [6.45, 7) is 0. The average molecular weight is 206 g/mol. The summed E-state index contributed by atoms with van der Waals surface area (Å²) in [6, 6.07) is 2.53. The van der Waals surface area contributed by atoms with Crippen LogP contribution in [-0.2, 0) is 0 Å². The molecule has 0 atom stereocenters. The Morgan fingerprint density at radius 2 is 2.20 bits per heavy atom. The second-order valence-corrected chi connectivity index (χ2v) is 2.62. The fourth-order valence-electron chi connectivity index (χ4n) is 0.913. The van der Waals surface area contributed by atoms with Crippen molar-refractivity contribution in [2.45, 2.75) is 0 Å². The molecule has 8 nitrogen and oxygen atoms in total. The predicted molar refractivity (Wildman–Crippen MR) is 49.2 cm³/mol. The molecule has 0 unspecified atom stereocenters. The highest BCUT2D eigenvalue weighted by Gasteiger charge is 2.08. The topological polar surface area (TPSA) is 116 Å². The normalized spacial score (nSPS) is 9.87. The zero-order valence-electron chi connectivity index (χ0n) is 7.39. The molecule has 2 aromatic rings. The molecule has 0 bridgehead atoms. The summed E-state index contributed by atoms with van der Waals surface area (Å²) in [5.41, 5.74) is -0.273. The molecule has 15 heavy (non-hydrogen) atoms. The van der Waals surface area contributed by atoms with E-state index in [9.17, 15) is 9.59 Å². The maximum Gasteiger partial charge on any atom is 0.277 e. The van der Waals surface area contributed by atoms with Crippen molar-refractivity contribution < 1.29 is 4.79 Å². The number of carbonyl (C=O) groups excluding carboxylic acids is 1. The van der Waals surface area contributed by atoms with Gasteiger partial charge in [-0.3, -0.25) is 9.59 Å². The molecule has 2 aromatic heterocycles. The van der Waals surface area contributed by atoms with Crippen LogP contribution >= 0.6 is 0 Å². The molecule has 1 amide bonds. The summed E-state index contributed by atoms with van der Waals surface area (Å²) in [7, 11) is 0. The monoisotopic (exact) mass is 206 g/mol. The fourth-order valence-corrected chi connectivity index (χ4v) is 0.913. The van der Waals surface area contributed by atoms with Gasteiger partial charge < -0.3 is 5.32 Å². The number of carbonyl (C=O) groups is 1. The number of hydrogen-bond donors (Lipinski definition) is 3. The Morgan fingerprint density at radius 3 is 2.80 bits per heavy atom. The smallest absolute Gasteiger partial charge is 0.277 e. The molecule has 0 saturated carbocycles. The number of aromatic amines is 2. The lowest BCUT2D eigenvalue weighted by Crippen LogP contribution is -2.17. The van der Waals surface area contributed by atoms with Crippen LogP contribution in [0.1, 0.15) is 10.5 Å². The molecule has 0 saturated heterocycles. The van der Waals surface area contributed by atoms with E-state index >= 15 is 0 Å². The highest BCUT2D eigenvalue weighted by molar-refractivity contribution is 6.01. The van der Waals surface area contributed by atoms with E-state index in [0.29, 0.717) is 0 Å². The molecule has 2 heterocycles. The number of nitrogens with one attached hydrogen (secondary N) is 3. The summed E-state index contributed by atoms with van der Waals surface area (Å²) in [5, 5.41) is 17.6. The second-order valence-electron chi connectivity index (χ2n) is 2.62. The summed E-state index contributed by atoms with van der Waals surface area (Å²) < 4.78 is 0. The average Bonchev–Trinajstić information content (AvgIpc) is 2.71. The van der Waals surface area contributed by atoms with Gasteiger partial charge in [-0.2, -0.15) is 15.4 Å². The Kier molecular flexibility index (Phi) is 2.23. The number of anilines is 1. The van der Waals surface area contributed by atoms with E-state index in [4.69, 9.17) is 0 Å². The van der Waals surface area contributed by atoms with Crippen molar-refractivity contribution >= 4 is 11.7 Å². The van der Waals surface area contributed by atoms with Gasteiger partial charge in [-0.25, -0.2) is 5.10 Å². The molecule has 0 radical (unpaired) electrons. The predicted octanol–water partition coefficient (Wildman–Crippen LogP) is -0.860. The van der Waals surface area contributed by atoms with Crippen LogP contribution in [0.5, 0.6) is 0 Å². The SMILES string of the molecule is O=C(Nc1cn[nH]n1)c1ccc(=O)[nH]n1. The maximum atomic E-state index is 11.4. The van der Waals surface area contributed by atoms with Crippen molar-refractivity contribution in [2.75, 3.05) is 5.32 Å². The Hall–Kier alpha value is -2.51. The first-order valence-corrected chi connectivity index (χ1v) is 3.98. The van der Waals surface area contributed by atoms with Crippen molar-refractivity contribution in [1.82, 2.24) is 25.6 Å². The third-order valence-corrected chi connectivity index (χ3v) is 1.57. The quantitative estimate of drug-likeness (QED) is 0.591. The Bertz CT molecular complexity index is 496. The minimum Gasteiger partial charge on any atom is -0.302 e. The standard InChI is InChI=1S/C7H6N6O2/c14-6-2-1-4(10-12-6)7(15)9-5-3-8-13-11-5/h1-3H,(H,12,14)(H2,8,9,11,13,15). The van der Waals surface area contributed by atoms with Gasteiger partial charge in [0.2, 0.25) is 0 Å². The fraction of sp³-hybridized carbons (Fsp3) is 0. The zero-order chi connectivity index (χ0) is 10.7. The minimum absolute atomic E-state index is 0.0950. The third kappa shape index (κ3) is 2.05. The van der Waals surface area contributed by atoms with E-state index in [1.165, 1.54) is 18.3 Å². The van der Waals surface area contributed by atoms with E-state index in [0.717, 1.165) is 0 Å². The number of rotatable bonds is 2. The molecule has 0 aliphatic carbocycles. The maximum absolute atomic E-state index is 11.4. The Morgan fingerprint density at radius 1 is 1.33 bits per heavy atom. The summed E-state index contributed by atoms with van der Waals surface area (Å²) in [5.74, 6) is -0.187. The molecule has 0 fully saturated rings. The number of nitrogens with zero attached hydrogens (tertiary/aromatic N) is 3. The Labute approximate surface area is 82.7 Å². The largest absolute Gasteiger partial charge is 0.302 e. The third-order valence-electron chi connectivity index (χ3n) is 1.57. The van der Waals surface area contributed by atoms with Gasteiger partial charge in [0.25, 0.3) is 11.5 Å². The van der Waals surface area contributed by atoms with Crippen LogP contribution < -0.4 is 10.9 Å². The molecule has 2 rings (SSSR count). The van der Waals surface area contributed by atoms with Gasteiger partial charge in [-0.15, -0.1) is 5.10 Å². The molecular formula is C7H6N6O2. The van der Waals surface area contributed by atoms with Crippen LogP contribution in [0.4, 0.5) is 5.82 Å². The van der Waals surface area contributed by atoms with E-state index in [-0.39, 0.29) is 17.1 Å². The summed E-state index contributed by atoms with van der Waals surface area (Å²) in [6.07, 6.45) is 1.35. The van der Waals surface area contributed by atoms with Gasteiger partial charge in [-0.05, 0) is 6.07 Å². The van der Waals surface area contributed by atoms with Crippen LogP contribution in [0.2, 0.25) is 0 Å². The number of amides is 1. The highest BCUT2D eigenvalue weighted by atomic mass is 16.2. The number of aromatic nitrogens is 5. The van der Waals surface area contributed by atoms with Crippen LogP contribution in [0.15, 0.2) is 23.1 Å². The first-order chi connectivity index (χ1) is 7.25. The first-order valence-electron chi connectivity index (χ1n) is 3.98. The van der Waals surface area contributed by atoms with Gasteiger partial charge in [0.1, 0.15) is 5.69 Å². The lowest BCUT2D eigenvalue weighted by atomic mass is 10.4. The molecule has 8 heteroatoms. The molecule has 0 aliphatic heterocycles. The van der Waals surface area contributed by atoms with Crippen LogP contribution in [0.25, 0.3) is 0 Å². The second kappa shape index (κ2) is 3.70. The summed E-state index contributed by atoms with van der Waals surface area (Å²) in [4.78, 5) is 22.1. The number of hydrogen-bond acceptors (Lipinski definition) is 5. The van der Waals surface area contributed by atoms with E-state index in [2.05, 4.69) is 30.9 Å². The lowest BCUT2D eigenvalue weighted by Gasteiger charge is -1.98. The molecule has 76 valence electrons. The Balaban J connectivity index is 2.15. The van der Waals surface area contributed by atoms with Gasteiger partial charge >= 0.3 is 0 Å². The number of H-pyrrole nitrogens is 2. The molecule has 0 spiro atoms. The van der Waals surface area contributed by atoms with Crippen molar-refractivity contribution in [3.63, 3.8) is 0 Å². The van der Waals surface area contributed by atoms with Crippen molar-refractivity contribution in [1.29, 1.82) is 0 Å². The first kappa shape index (κ1) is 9.06. The van der Waals surface area contributed by atoms with Crippen LogP contribution in [0, 0.1) is 0 Å². The van der Waals surface area contributed by atoms with Crippen LogP contribution in [0.3, 0.4) is 0 Å². The van der Waals surface area contributed by atoms with E-state index in [1.807, 2.05) is 0 Å². The lowest BCUT2D eigenvalue weighted by molar-refractivity contribution is 0.102. The zero-order valence-corrected chi connectivity index (χ0v) is 7.39. The molecule has 3 N–H and O–H groups in total. The van der Waals surface area contributed by atoms with Gasteiger partial charge in [0.15, 0.2) is 5.82 Å².